The van der Waals surface area contributed by atoms with Gasteiger partial charge in [0.05, 0.1) is 0 Å². The number of esters is 1. The third-order valence-electron chi connectivity index (χ3n) is 7.15. The van der Waals surface area contributed by atoms with Gasteiger partial charge in [-0.15, -0.1) is 0 Å². The van der Waals surface area contributed by atoms with E-state index in [0.29, 0.717) is 5.39 Å². The van der Waals surface area contributed by atoms with Crippen LogP contribution in [0, 0.1) is 5.82 Å². The molecule has 1 aromatic carbocycles. The molecule has 1 fully saturated rings. The van der Waals surface area contributed by atoms with E-state index in [4.69, 9.17) is 4.74 Å². The molecule has 1 aliphatic rings. The van der Waals surface area contributed by atoms with Crippen molar-refractivity contribution in [2.75, 3.05) is 6.61 Å². The second-order valence-electron chi connectivity index (χ2n) is 9.67. The Morgan fingerprint density at radius 2 is 1.61 bits per heavy atom. The van der Waals surface area contributed by atoms with Gasteiger partial charge in [0, 0.05) is 0 Å². The first kappa shape index (κ1) is 26.2. The molecule has 0 atom stereocenters. The average molecular weight is 564 g/mol. The summed E-state index contributed by atoms with van der Waals surface area (Å²) in [7, 11) is 0. The molecular weight excluding hydrogens is 524 g/mol. The zero-order valence-corrected chi connectivity index (χ0v) is 23.7. The van der Waals surface area contributed by atoms with E-state index in [1.165, 1.54) is 19.4 Å². The van der Waals surface area contributed by atoms with Gasteiger partial charge in [-0.1, -0.05) is 0 Å². The zero-order valence-electron chi connectivity index (χ0n) is 20.8. The van der Waals surface area contributed by atoms with E-state index in [1.807, 2.05) is 6.07 Å². The molecule has 1 aliphatic carbocycles. The minimum atomic E-state index is -3.04. The molecule has 1 heterocycles. The van der Waals surface area contributed by atoms with Gasteiger partial charge in [0.25, 0.3) is 0 Å². The van der Waals surface area contributed by atoms with E-state index in [1.54, 1.807) is 13.1 Å². The van der Waals surface area contributed by atoms with Crippen molar-refractivity contribution < 1.29 is 13.9 Å². The molecule has 0 bridgehead atoms. The number of hydrogen-bond donors (Lipinski definition) is 0. The Morgan fingerprint density at radius 1 is 1.03 bits per heavy atom. The van der Waals surface area contributed by atoms with Crippen LogP contribution in [0.1, 0.15) is 95.5 Å². The molecule has 0 amide bonds. The van der Waals surface area contributed by atoms with Crippen molar-refractivity contribution in [2.24, 2.45) is 0 Å². The van der Waals surface area contributed by atoms with Gasteiger partial charge in [-0.2, -0.15) is 0 Å². The van der Waals surface area contributed by atoms with Crippen LogP contribution in [0.5, 0.6) is 0 Å². The topological polar surface area (TPSA) is 48.3 Å². The van der Waals surface area contributed by atoms with Crippen LogP contribution in [0.4, 0.5) is 4.39 Å². The molecular formula is C27H40FNO3Sn. The fraction of sp³-hybridized carbons (Fsp3) is 0.630. The van der Waals surface area contributed by atoms with Gasteiger partial charge < -0.3 is 0 Å². The third-order valence-corrected chi connectivity index (χ3v) is 22.7. The quantitative estimate of drug-likeness (QED) is 0.201. The van der Waals surface area contributed by atoms with Crippen molar-refractivity contribution in [3.05, 3.63) is 39.9 Å². The van der Waals surface area contributed by atoms with Crippen LogP contribution in [-0.4, -0.2) is 35.5 Å². The van der Waals surface area contributed by atoms with Crippen molar-refractivity contribution >= 4 is 38.8 Å². The maximum atomic E-state index is 15.9. The second kappa shape index (κ2) is 11.9. The zero-order chi connectivity index (χ0) is 24.0. The van der Waals surface area contributed by atoms with Crippen molar-refractivity contribution in [1.82, 2.24) is 4.57 Å². The number of carbonyl (C=O) groups is 1. The first-order valence-corrected chi connectivity index (χ1v) is 20.5. The number of fused-ring (bicyclic) bond motifs is 1. The van der Waals surface area contributed by atoms with E-state index < -0.39 is 29.8 Å². The summed E-state index contributed by atoms with van der Waals surface area (Å²) in [5, 5.41) is 0.315. The molecule has 3 rings (SSSR count). The number of halogens is 1. The maximum absolute atomic E-state index is 15.9. The van der Waals surface area contributed by atoms with Gasteiger partial charge in [-0.3, -0.25) is 0 Å². The Labute approximate surface area is 201 Å². The Morgan fingerprint density at radius 3 is 2.09 bits per heavy atom. The third kappa shape index (κ3) is 5.83. The van der Waals surface area contributed by atoms with Gasteiger partial charge in [0.15, 0.2) is 0 Å². The van der Waals surface area contributed by atoms with Crippen molar-refractivity contribution in [3.8, 4) is 0 Å². The Bertz CT molecular complexity index is 1010. The SMILES string of the molecule is CCC[CH2][Sn]([CH2]CCC)([CH2]CCC)[c]1cc2c(cc1F)c(=O)c(C(=O)OCC)cn2C1CC1. The van der Waals surface area contributed by atoms with E-state index in [2.05, 4.69) is 25.3 Å². The predicted octanol–water partition coefficient (Wildman–Crippen LogP) is 6.71. The van der Waals surface area contributed by atoms with Crippen LogP contribution >= 0.6 is 0 Å². The van der Waals surface area contributed by atoms with Gasteiger partial charge in [0.1, 0.15) is 0 Å². The van der Waals surface area contributed by atoms with Crippen molar-refractivity contribution in [2.45, 2.75) is 98.4 Å². The fourth-order valence-corrected chi connectivity index (χ4v) is 21.3. The molecule has 2 aromatic rings. The molecule has 0 saturated heterocycles. The number of unbranched alkanes of at least 4 members (excludes halogenated alkanes) is 3. The van der Waals surface area contributed by atoms with Gasteiger partial charge in [-0.25, -0.2) is 0 Å². The Kier molecular flexibility index (Phi) is 9.42. The summed E-state index contributed by atoms with van der Waals surface area (Å²) in [5.41, 5.74) is 0.404. The van der Waals surface area contributed by atoms with E-state index in [-0.39, 0.29) is 24.0 Å². The monoisotopic (exact) mass is 565 g/mol. The van der Waals surface area contributed by atoms with E-state index in [9.17, 15) is 9.59 Å². The second-order valence-corrected chi connectivity index (χ2v) is 22.8. The molecule has 0 radical (unpaired) electrons. The van der Waals surface area contributed by atoms with Crippen LogP contribution in [0.25, 0.3) is 10.9 Å². The van der Waals surface area contributed by atoms with E-state index >= 15 is 4.39 Å². The average Bonchev–Trinajstić information content (AvgIpc) is 3.65. The standard InChI is InChI=1S/C15H13FNO3.3C4H9.Sn/c1-2-20-15(19)12-8-17(10-4-5-10)13-6-3-9(16)7-11(13)14(12)18;3*1-3-4-2;/h6-8,10H,2,4-5H2,1H3;3*1,3-4H2,2H3;. The Hall–Kier alpha value is -1.37. The minimum absolute atomic E-state index is 0.0149. The molecule has 4 nitrogen and oxygen atoms in total. The van der Waals surface area contributed by atoms with Crippen molar-refractivity contribution in [1.29, 1.82) is 0 Å². The summed E-state index contributed by atoms with van der Waals surface area (Å²) in [4.78, 5) is 25.7. The van der Waals surface area contributed by atoms with Crippen LogP contribution < -0.4 is 9.01 Å². The molecule has 0 aliphatic heterocycles. The number of ether oxygens (including phenoxy) is 1. The van der Waals surface area contributed by atoms with E-state index in [0.717, 1.165) is 60.5 Å². The summed E-state index contributed by atoms with van der Waals surface area (Å²) in [5.74, 6) is -0.840. The molecule has 33 heavy (non-hydrogen) atoms. The molecule has 0 unspecified atom stereocenters. The number of rotatable bonds is 13. The van der Waals surface area contributed by atoms with Crippen molar-refractivity contribution in [3.63, 3.8) is 0 Å². The summed E-state index contributed by atoms with van der Waals surface area (Å²) in [6, 6.07) is 3.76. The van der Waals surface area contributed by atoms with Gasteiger partial charge in [0.2, 0.25) is 0 Å². The molecule has 0 N–H and O–H groups in total. The van der Waals surface area contributed by atoms with Gasteiger partial charge in [-0.05, 0) is 0 Å². The first-order valence-electron chi connectivity index (χ1n) is 13.0. The number of hydrogen-bond acceptors (Lipinski definition) is 3. The summed E-state index contributed by atoms with van der Waals surface area (Å²) in [6.07, 6.45) is 10.5. The predicted molar refractivity (Wildman–Crippen MR) is 137 cm³/mol. The molecule has 1 saturated carbocycles. The fourth-order valence-electron chi connectivity index (χ4n) is 5.11. The number of pyridine rings is 1. The van der Waals surface area contributed by atoms with Crippen LogP contribution in [0.2, 0.25) is 13.3 Å². The number of nitrogens with zero attached hydrogens (tertiary/aromatic N) is 1. The number of aromatic nitrogens is 1. The Balaban J connectivity index is 2.24. The molecule has 6 heteroatoms. The number of benzene rings is 1. The summed E-state index contributed by atoms with van der Waals surface area (Å²) >= 11 is -3.04. The van der Waals surface area contributed by atoms with Gasteiger partial charge >= 0.3 is 202 Å². The molecule has 0 spiro atoms. The van der Waals surface area contributed by atoms with Crippen LogP contribution in [-0.2, 0) is 4.74 Å². The molecule has 1 aromatic heterocycles. The molecule has 182 valence electrons. The normalized spacial score (nSPS) is 14.1. The summed E-state index contributed by atoms with van der Waals surface area (Å²) in [6.45, 7) is 8.58. The summed E-state index contributed by atoms with van der Waals surface area (Å²) < 4.78 is 27.5. The number of carbonyl (C=O) groups excluding carboxylic acids is 1. The first-order chi connectivity index (χ1) is 15.9. The van der Waals surface area contributed by atoms with Crippen LogP contribution in [0.15, 0.2) is 23.1 Å². The van der Waals surface area contributed by atoms with Crippen LogP contribution in [0.3, 0.4) is 0 Å².